The Labute approximate surface area is 101 Å². The maximum absolute atomic E-state index is 5.59. The van der Waals surface area contributed by atoms with E-state index in [4.69, 9.17) is 5.73 Å². The highest BCUT2D eigenvalue weighted by molar-refractivity contribution is 5.35. The number of aryl methyl sites for hydroxylation is 1. The third-order valence-corrected chi connectivity index (χ3v) is 2.67. The zero-order chi connectivity index (χ0) is 12.4. The monoisotopic (exact) mass is 230 g/mol. The Bertz CT molecular complexity index is 497. The van der Waals surface area contributed by atoms with Gasteiger partial charge in [0.2, 0.25) is 0 Å². The van der Waals surface area contributed by atoms with Crippen molar-refractivity contribution in [2.24, 2.45) is 5.73 Å². The topological polar surface area (TPSA) is 56.7 Å². The zero-order valence-electron chi connectivity index (χ0n) is 10.5. The van der Waals surface area contributed by atoms with Crippen molar-refractivity contribution in [3.8, 4) is 5.69 Å². The lowest BCUT2D eigenvalue weighted by Gasteiger charge is -2.08. The molecule has 0 aliphatic rings. The number of hydrogen-bond donors (Lipinski definition) is 1. The van der Waals surface area contributed by atoms with Crippen LogP contribution in [0.5, 0.6) is 0 Å². The lowest BCUT2D eigenvalue weighted by Crippen LogP contribution is -2.05. The van der Waals surface area contributed by atoms with Crippen molar-refractivity contribution in [2.75, 3.05) is 0 Å². The van der Waals surface area contributed by atoms with E-state index in [1.807, 2.05) is 35.9 Å². The van der Waals surface area contributed by atoms with Crippen molar-refractivity contribution in [2.45, 2.75) is 33.2 Å². The standard InChI is InChI=1S/C13H18N4/c1-9(2)13-15-10(3)16-17(13)12-6-4-11(8-14)5-7-12/h4-7,9H,8,14H2,1-3H3. The van der Waals surface area contributed by atoms with Gasteiger partial charge in [-0.1, -0.05) is 26.0 Å². The van der Waals surface area contributed by atoms with Gasteiger partial charge in [-0.25, -0.2) is 9.67 Å². The van der Waals surface area contributed by atoms with Crippen LogP contribution in [-0.4, -0.2) is 14.8 Å². The first-order valence-electron chi connectivity index (χ1n) is 5.84. The summed E-state index contributed by atoms with van der Waals surface area (Å²) in [6.45, 7) is 6.72. The van der Waals surface area contributed by atoms with Gasteiger partial charge in [-0.2, -0.15) is 5.10 Å². The second kappa shape index (κ2) is 4.67. The lowest BCUT2D eigenvalue weighted by atomic mass is 10.2. The van der Waals surface area contributed by atoms with Crippen LogP contribution in [0.1, 0.15) is 37.0 Å². The molecule has 0 fully saturated rings. The molecule has 1 aromatic heterocycles. The fourth-order valence-corrected chi connectivity index (χ4v) is 1.77. The summed E-state index contributed by atoms with van der Waals surface area (Å²) in [5.74, 6) is 2.14. The largest absolute Gasteiger partial charge is 0.326 e. The molecule has 0 radical (unpaired) electrons. The SMILES string of the molecule is Cc1nc(C(C)C)n(-c2ccc(CN)cc2)n1. The third kappa shape index (κ3) is 2.36. The number of nitrogens with zero attached hydrogens (tertiary/aromatic N) is 3. The van der Waals surface area contributed by atoms with Gasteiger partial charge in [-0.15, -0.1) is 0 Å². The number of nitrogens with two attached hydrogens (primary N) is 1. The van der Waals surface area contributed by atoms with E-state index in [1.165, 1.54) is 0 Å². The number of benzene rings is 1. The van der Waals surface area contributed by atoms with Crippen molar-refractivity contribution in [1.29, 1.82) is 0 Å². The molecule has 2 rings (SSSR count). The molecule has 4 nitrogen and oxygen atoms in total. The summed E-state index contributed by atoms with van der Waals surface area (Å²) in [7, 11) is 0. The van der Waals surface area contributed by atoms with Gasteiger partial charge in [-0.3, -0.25) is 0 Å². The lowest BCUT2D eigenvalue weighted by molar-refractivity contribution is 0.713. The number of hydrogen-bond acceptors (Lipinski definition) is 3. The average molecular weight is 230 g/mol. The van der Waals surface area contributed by atoms with Crippen LogP contribution >= 0.6 is 0 Å². The summed E-state index contributed by atoms with van der Waals surface area (Å²) in [5.41, 5.74) is 7.74. The average Bonchev–Trinajstić information content (AvgIpc) is 2.72. The van der Waals surface area contributed by atoms with E-state index in [0.29, 0.717) is 12.5 Å². The molecule has 2 aromatic rings. The van der Waals surface area contributed by atoms with Crippen molar-refractivity contribution in [3.05, 3.63) is 41.5 Å². The van der Waals surface area contributed by atoms with Crippen LogP contribution in [0.25, 0.3) is 5.69 Å². The fraction of sp³-hybridized carbons (Fsp3) is 0.385. The van der Waals surface area contributed by atoms with E-state index < -0.39 is 0 Å². The van der Waals surface area contributed by atoms with Crippen LogP contribution in [0.4, 0.5) is 0 Å². The third-order valence-electron chi connectivity index (χ3n) is 2.67. The van der Waals surface area contributed by atoms with Crippen molar-refractivity contribution in [3.63, 3.8) is 0 Å². The molecular weight excluding hydrogens is 212 g/mol. The molecule has 0 amide bonds. The Hall–Kier alpha value is -1.68. The molecule has 0 saturated carbocycles. The van der Waals surface area contributed by atoms with Crippen LogP contribution in [0.15, 0.2) is 24.3 Å². The van der Waals surface area contributed by atoms with Gasteiger partial charge >= 0.3 is 0 Å². The molecule has 4 heteroatoms. The predicted molar refractivity (Wildman–Crippen MR) is 68.1 cm³/mol. The van der Waals surface area contributed by atoms with Crippen molar-refractivity contribution >= 4 is 0 Å². The molecule has 1 heterocycles. The molecule has 0 spiro atoms. The van der Waals surface area contributed by atoms with Crippen LogP contribution in [0.2, 0.25) is 0 Å². The Morgan fingerprint density at radius 1 is 1.24 bits per heavy atom. The molecule has 0 aliphatic carbocycles. The molecule has 0 unspecified atom stereocenters. The van der Waals surface area contributed by atoms with Crippen molar-refractivity contribution < 1.29 is 0 Å². The smallest absolute Gasteiger partial charge is 0.148 e. The minimum Gasteiger partial charge on any atom is -0.326 e. The molecule has 0 aliphatic heterocycles. The molecule has 0 saturated heterocycles. The Balaban J connectivity index is 2.44. The summed E-state index contributed by atoms with van der Waals surface area (Å²) in [4.78, 5) is 4.46. The van der Waals surface area contributed by atoms with Gasteiger partial charge in [0.05, 0.1) is 5.69 Å². The first-order valence-corrected chi connectivity index (χ1v) is 5.84. The molecule has 0 atom stereocenters. The summed E-state index contributed by atoms with van der Waals surface area (Å²) in [5, 5.41) is 4.43. The van der Waals surface area contributed by atoms with Gasteiger partial charge in [0.15, 0.2) is 0 Å². The molecular formula is C13H18N4. The van der Waals surface area contributed by atoms with Crippen molar-refractivity contribution in [1.82, 2.24) is 14.8 Å². The maximum atomic E-state index is 5.59. The van der Waals surface area contributed by atoms with E-state index >= 15 is 0 Å². The number of rotatable bonds is 3. The molecule has 90 valence electrons. The van der Waals surface area contributed by atoms with E-state index in [1.54, 1.807) is 0 Å². The van der Waals surface area contributed by atoms with E-state index in [-0.39, 0.29) is 0 Å². The molecule has 1 aromatic carbocycles. The van der Waals surface area contributed by atoms with Gasteiger partial charge in [0.1, 0.15) is 11.6 Å². The van der Waals surface area contributed by atoms with Gasteiger partial charge < -0.3 is 5.73 Å². The summed E-state index contributed by atoms with van der Waals surface area (Å²) < 4.78 is 1.90. The van der Waals surface area contributed by atoms with Crippen LogP contribution < -0.4 is 5.73 Å². The Kier molecular flexibility index (Phi) is 3.24. The van der Waals surface area contributed by atoms with Gasteiger partial charge in [-0.05, 0) is 24.6 Å². The highest BCUT2D eigenvalue weighted by Crippen LogP contribution is 2.17. The minimum absolute atomic E-state index is 0.352. The molecule has 2 N–H and O–H groups in total. The minimum atomic E-state index is 0.352. The fourth-order valence-electron chi connectivity index (χ4n) is 1.77. The van der Waals surface area contributed by atoms with Crippen LogP contribution in [-0.2, 0) is 6.54 Å². The molecule has 0 bridgehead atoms. The first-order chi connectivity index (χ1) is 8.11. The van der Waals surface area contributed by atoms with Gasteiger partial charge in [0.25, 0.3) is 0 Å². The van der Waals surface area contributed by atoms with E-state index in [2.05, 4.69) is 23.9 Å². The molecule has 17 heavy (non-hydrogen) atoms. The highest BCUT2D eigenvalue weighted by atomic mass is 15.3. The summed E-state index contributed by atoms with van der Waals surface area (Å²) in [6, 6.07) is 8.11. The highest BCUT2D eigenvalue weighted by Gasteiger charge is 2.12. The van der Waals surface area contributed by atoms with E-state index in [0.717, 1.165) is 22.9 Å². The summed E-state index contributed by atoms with van der Waals surface area (Å²) >= 11 is 0. The normalized spacial score (nSPS) is 11.1. The van der Waals surface area contributed by atoms with Gasteiger partial charge in [0, 0.05) is 12.5 Å². The zero-order valence-corrected chi connectivity index (χ0v) is 10.5. The predicted octanol–water partition coefficient (Wildman–Crippen LogP) is 2.16. The Morgan fingerprint density at radius 2 is 1.88 bits per heavy atom. The van der Waals surface area contributed by atoms with E-state index in [9.17, 15) is 0 Å². The second-order valence-corrected chi connectivity index (χ2v) is 4.45. The maximum Gasteiger partial charge on any atom is 0.148 e. The second-order valence-electron chi connectivity index (χ2n) is 4.45. The van der Waals surface area contributed by atoms with Crippen LogP contribution in [0, 0.1) is 6.92 Å². The first kappa shape index (κ1) is 11.8. The number of aromatic nitrogens is 3. The quantitative estimate of drug-likeness (QED) is 0.879. The Morgan fingerprint density at radius 3 is 2.41 bits per heavy atom. The summed E-state index contributed by atoms with van der Waals surface area (Å²) in [6.07, 6.45) is 0. The van der Waals surface area contributed by atoms with Crippen LogP contribution in [0.3, 0.4) is 0 Å².